The van der Waals surface area contributed by atoms with E-state index >= 15 is 0 Å². The van der Waals surface area contributed by atoms with Crippen LogP contribution in [0.5, 0.6) is 5.75 Å². The van der Waals surface area contributed by atoms with Gasteiger partial charge >= 0.3 is 12.3 Å². The number of aromatic nitrogens is 3. The molecule has 180 valence electrons. The fourth-order valence-electron chi connectivity index (χ4n) is 3.73. The molecule has 35 heavy (non-hydrogen) atoms. The molecule has 2 aromatic heterocycles. The van der Waals surface area contributed by atoms with E-state index in [1.807, 2.05) is 0 Å². The van der Waals surface area contributed by atoms with E-state index in [0.29, 0.717) is 11.1 Å². The van der Waals surface area contributed by atoms with Gasteiger partial charge in [0.15, 0.2) is 0 Å². The van der Waals surface area contributed by atoms with Crippen LogP contribution in [0.1, 0.15) is 17.2 Å². The molecule has 3 N–H and O–H groups in total. The highest BCUT2D eigenvalue weighted by atomic mass is 19.4. The molecule has 2 aromatic carbocycles. The van der Waals surface area contributed by atoms with E-state index in [9.17, 15) is 23.1 Å². The SMILES string of the molecule is O=C(O)NC1COc2cc(-c3noc(-c4onc(-c5ccccc5)c4C(F)(F)F)n3)ccc2[C@@H]1O. The van der Waals surface area contributed by atoms with Crippen LogP contribution in [0.25, 0.3) is 34.3 Å². The normalized spacial score (nSPS) is 17.5. The van der Waals surface area contributed by atoms with Gasteiger partial charge in [0, 0.05) is 16.7 Å². The molecule has 0 aliphatic carbocycles. The molecule has 4 aromatic rings. The Morgan fingerprint density at radius 3 is 2.54 bits per heavy atom. The lowest BCUT2D eigenvalue weighted by atomic mass is 9.97. The molecular weight excluding hydrogens is 473 g/mol. The Balaban J connectivity index is 1.48. The van der Waals surface area contributed by atoms with E-state index in [2.05, 4.69) is 20.6 Å². The van der Waals surface area contributed by atoms with E-state index in [1.54, 1.807) is 18.2 Å². The van der Waals surface area contributed by atoms with Gasteiger partial charge in [0.25, 0.3) is 5.89 Å². The largest absolute Gasteiger partial charge is 0.491 e. The standard InChI is InChI=1S/C22H15F3N4O6/c23-22(24,25)15-16(10-4-2-1-3-5-10)28-34-18(15)20-27-19(29-35-20)11-6-7-12-14(8-11)33-9-13(17(12)30)26-21(31)32/h1-8,13,17,26,30H,9H2,(H,31,32)/t13?,17-/m0/s1. The van der Waals surface area contributed by atoms with Crippen molar-refractivity contribution in [1.29, 1.82) is 0 Å². The number of carboxylic acid groups (broad SMARTS) is 1. The van der Waals surface area contributed by atoms with Crippen molar-refractivity contribution in [3.63, 3.8) is 0 Å². The average Bonchev–Trinajstić information content (AvgIpc) is 3.48. The van der Waals surface area contributed by atoms with Gasteiger partial charge in [-0.2, -0.15) is 18.2 Å². The van der Waals surface area contributed by atoms with Gasteiger partial charge in [-0.3, -0.25) is 0 Å². The molecule has 0 radical (unpaired) electrons. The highest BCUT2D eigenvalue weighted by Crippen LogP contribution is 2.43. The number of hydrogen-bond donors (Lipinski definition) is 3. The predicted molar refractivity (Wildman–Crippen MR) is 111 cm³/mol. The maximum atomic E-state index is 13.9. The summed E-state index contributed by atoms with van der Waals surface area (Å²) in [5.74, 6) is -1.06. The third-order valence-electron chi connectivity index (χ3n) is 5.34. The fraction of sp³-hybridized carbons (Fsp3) is 0.182. The summed E-state index contributed by atoms with van der Waals surface area (Å²) >= 11 is 0. The molecular formula is C22H15F3N4O6. The first-order chi connectivity index (χ1) is 16.7. The van der Waals surface area contributed by atoms with Crippen molar-refractivity contribution in [3.05, 3.63) is 59.7 Å². The van der Waals surface area contributed by atoms with Crippen LogP contribution < -0.4 is 10.1 Å². The lowest BCUT2D eigenvalue weighted by Crippen LogP contribution is -2.45. The fourth-order valence-corrected chi connectivity index (χ4v) is 3.73. The summed E-state index contributed by atoms with van der Waals surface area (Å²) in [6.45, 7) is -0.128. The maximum Gasteiger partial charge on any atom is 0.422 e. The number of hydrogen-bond acceptors (Lipinski definition) is 8. The van der Waals surface area contributed by atoms with Crippen molar-refractivity contribution in [2.75, 3.05) is 6.61 Å². The van der Waals surface area contributed by atoms with Gasteiger partial charge in [0.2, 0.25) is 11.6 Å². The Labute approximate surface area is 193 Å². The smallest absolute Gasteiger partial charge is 0.422 e. The van der Waals surface area contributed by atoms with Gasteiger partial charge in [0.1, 0.15) is 29.7 Å². The zero-order chi connectivity index (χ0) is 24.7. The van der Waals surface area contributed by atoms with Gasteiger partial charge in [-0.05, 0) is 6.07 Å². The number of rotatable bonds is 4. The minimum Gasteiger partial charge on any atom is -0.491 e. The second kappa shape index (κ2) is 8.43. The van der Waals surface area contributed by atoms with E-state index in [1.165, 1.54) is 30.3 Å². The van der Waals surface area contributed by atoms with Crippen LogP contribution in [0.4, 0.5) is 18.0 Å². The molecule has 0 saturated carbocycles. The van der Waals surface area contributed by atoms with Gasteiger partial charge in [0.05, 0.1) is 6.04 Å². The number of aliphatic hydroxyl groups excluding tert-OH is 1. The molecule has 5 rings (SSSR count). The Kier molecular flexibility index (Phi) is 5.40. The average molecular weight is 488 g/mol. The van der Waals surface area contributed by atoms with E-state index in [4.69, 9.17) is 18.9 Å². The van der Waals surface area contributed by atoms with Crippen molar-refractivity contribution in [3.8, 4) is 40.0 Å². The minimum absolute atomic E-state index is 0.0579. The topological polar surface area (TPSA) is 144 Å². The molecule has 1 aliphatic heterocycles. The molecule has 10 nitrogen and oxygen atoms in total. The summed E-state index contributed by atoms with van der Waals surface area (Å²) in [4.78, 5) is 14.9. The number of carbonyl (C=O) groups is 1. The third-order valence-corrected chi connectivity index (χ3v) is 5.34. The first kappa shape index (κ1) is 22.4. The molecule has 1 unspecified atom stereocenters. The van der Waals surface area contributed by atoms with Gasteiger partial charge in [-0.15, -0.1) is 0 Å². The Morgan fingerprint density at radius 2 is 1.83 bits per heavy atom. The number of aliphatic hydroxyl groups is 1. The minimum atomic E-state index is -4.81. The van der Waals surface area contributed by atoms with Crippen LogP contribution in [0, 0.1) is 0 Å². The Morgan fingerprint density at radius 1 is 1.06 bits per heavy atom. The van der Waals surface area contributed by atoms with E-state index < -0.39 is 47.3 Å². The summed E-state index contributed by atoms with van der Waals surface area (Å²) in [7, 11) is 0. The lowest BCUT2D eigenvalue weighted by molar-refractivity contribution is -0.137. The van der Waals surface area contributed by atoms with Crippen molar-refractivity contribution < 1.29 is 42.0 Å². The molecule has 1 amide bonds. The second-order valence-electron chi connectivity index (χ2n) is 7.59. The van der Waals surface area contributed by atoms with Crippen molar-refractivity contribution in [2.24, 2.45) is 0 Å². The summed E-state index contributed by atoms with van der Waals surface area (Å²) in [5.41, 5.74) is -0.700. The number of nitrogens with one attached hydrogen (secondary N) is 1. The van der Waals surface area contributed by atoms with Crippen LogP contribution >= 0.6 is 0 Å². The number of ether oxygens (including phenoxy) is 1. The molecule has 13 heteroatoms. The molecule has 0 bridgehead atoms. The monoisotopic (exact) mass is 488 g/mol. The molecule has 0 spiro atoms. The van der Waals surface area contributed by atoms with Crippen molar-refractivity contribution in [2.45, 2.75) is 18.3 Å². The summed E-state index contributed by atoms with van der Waals surface area (Å²) in [6.07, 6.45) is -7.28. The highest BCUT2D eigenvalue weighted by molar-refractivity contribution is 5.71. The van der Waals surface area contributed by atoms with Gasteiger partial charge < -0.3 is 29.3 Å². The van der Waals surface area contributed by atoms with Crippen molar-refractivity contribution >= 4 is 6.09 Å². The number of nitrogens with zero attached hydrogens (tertiary/aromatic N) is 3. The van der Waals surface area contributed by atoms with Crippen LogP contribution in [-0.2, 0) is 6.18 Å². The van der Waals surface area contributed by atoms with Crippen LogP contribution in [0.2, 0.25) is 0 Å². The number of halogens is 3. The summed E-state index contributed by atoms with van der Waals surface area (Å²) in [5, 5.41) is 28.8. The predicted octanol–water partition coefficient (Wildman–Crippen LogP) is 4.14. The lowest BCUT2D eigenvalue weighted by Gasteiger charge is -2.30. The zero-order valence-corrected chi connectivity index (χ0v) is 17.5. The molecule has 2 atom stereocenters. The highest BCUT2D eigenvalue weighted by Gasteiger charge is 2.43. The molecule has 0 saturated heterocycles. The molecule has 1 aliphatic rings. The number of alkyl halides is 3. The quantitative estimate of drug-likeness (QED) is 0.386. The van der Waals surface area contributed by atoms with Gasteiger partial charge in [-0.1, -0.05) is 52.8 Å². The first-order valence-corrected chi connectivity index (χ1v) is 10.1. The number of benzene rings is 2. The summed E-state index contributed by atoms with van der Waals surface area (Å²) in [6, 6.07) is 11.3. The Bertz CT molecular complexity index is 1390. The second-order valence-corrected chi connectivity index (χ2v) is 7.59. The van der Waals surface area contributed by atoms with Crippen LogP contribution in [0.15, 0.2) is 57.6 Å². The first-order valence-electron chi connectivity index (χ1n) is 10.1. The van der Waals surface area contributed by atoms with Crippen molar-refractivity contribution in [1.82, 2.24) is 20.6 Å². The maximum absolute atomic E-state index is 13.9. The third kappa shape index (κ3) is 4.17. The van der Waals surface area contributed by atoms with Crippen LogP contribution in [-0.4, -0.2) is 44.3 Å². The van der Waals surface area contributed by atoms with Crippen LogP contribution in [0.3, 0.4) is 0 Å². The number of amides is 1. The zero-order valence-electron chi connectivity index (χ0n) is 17.5. The molecule has 0 fully saturated rings. The van der Waals surface area contributed by atoms with E-state index in [-0.39, 0.29) is 23.7 Å². The van der Waals surface area contributed by atoms with Gasteiger partial charge in [-0.25, -0.2) is 4.79 Å². The summed E-state index contributed by atoms with van der Waals surface area (Å²) < 4.78 is 57.3. The number of fused-ring (bicyclic) bond motifs is 1. The molecule has 3 heterocycles. The Hall–Kier alpha value is -4.39. The van der Waals surface area contributed by atoms with E-state index in [0.717, 1.165) is 0 Å².